The summed E-state index contributed by atoms with van der Waals surface area (Å²) in [6.45, 7) is 2.08. The highest BCUT2D eigenvalue weighted by atomic mass is 35.5. The van der Waals surface area contributed by atoms with Gasteiger partial charge in [0.1, 0.15) is 0 Å². The molecule has 2 N–H and O–H groups in total. The number of benzene rings is 1. The summed E-state index contributed by atoms with van der Waals surface area (Å²) in [4.78, 5) is 26.6. The summed E-state index contributed by atoms with van der Waals surface area (Å²) in [7, 11) is 0. The van der Waals surface area contributed by atoms with E-state index in [2.05, 4.69) is 0 Å². The Morgan fingerprint density at radius 1 is 1.09 bits per heavy atom. The number of carbonyl (C=O) groups excluding carboxylic acids is 2. The van der Waals surface area contributed by atoms with E-state index in [1.807, 2.05) is 0 Å². The van der Waals surface area contributed by atoms with Crippen LogP contribution in [-0.4, -0.2) is 47.9 Å². The normalized spacial score (nSPS) is 15.9. The van der Waals surface area contributed by atoms with Crippen molar-refractivity contribution in [3.63, 3.8) is 0 Å². The lowest BCUT2D eigenvalue weighted by Gasteiger charge is -2.19. The van der Waals surface area contributed by atoms with Crippen molar-refractivity contribution in [2.75, 3.05) is 26.2 Å². The summed E-state index contributed by atoms with van der Waals surface area (Å²) in [6, 6.07) is 4.80. The summed E-state index contributed by atoms with van der Waals surface area (Å²) in [5.74, 6) is -0.123. The van der Waals surface area contributed by atoms with Crippen molar-refractivity contribution in [2.24, 2.45) is 5.73 Å². The van der Waals surface area contributed by atoms with E-state index in [-0.39, 0.29) is 5.91 Å². The third-order valence-electron chi connectivity index (χ3n) is 3.51. The van der Waals surface area contributed by atoms with Crippen molar-refractivity contribution in [2.45, 2.75) is 6.42 Å². The van der Waals surface area contributed by atoms with Crippen LogP contribution in [-0.2, 0) is 4.79 Å². The summed E-state index contributed by atoms with van der Waals surface area (Å²) in [5.41, 5.74) is 5.96. The highest BCUT2D eigenvalue weighted by Crippen LogP contribution is 2.26. The van der Waals surface area contributed by atoms with Crippen LogP contribution in [0.5, 0.6) is 0 Å². The first kappa shape index (κ1) is 16.6. The van der Waals surface area contributed by atoms with E-state index in [1.54, 1.807) is 34.1 Å². The molecule has 0 saturated carbocycles. The number of nitrogens with two attached hydrogens (primary N) is 1. The maximum absolute atomic E-state index is 12.2. The first-order valence-corrected chi connectivity index (χ1v) is 7.70. The lowest BCUT2D eigenvalue weighted by Crippen LogP contribution is -2.39. The Morgan fingerprint density at radius 2 is 1.77 bits per heavy atom. The Kier molecular flexibility index (Phi) is 5.69. The maximum atomic E-state index is 12.2. The Bertz CT molecular complexity index is 604. The third kappa shape index (κ3) is 4.15. The fourth-order valence-corrected chi connectivity index (χ4v) is 2.64. The molecule has 1 aliphatic rings. The number of halogens is 2. The highest BCUT2D eigenvalue weighted by molar-refractivity contribution is 6.42. The zero-order chi connectivity index (χ0) is 16.1. The molecule has 1 saturated heterocycles. The number of hydrogen-bond acceptors (Lipinski definition) is 2. The minimum Gasteiger partial charge on any atom is -0.351 e. The first-order valence-electron chi connectivity index (χ1n) is 6.94. The fourth-order valence-electron chi connectivity index (χ4n) is 2.27. The van der Waals surface area contributed by atoms with E-state index in [4.69, 9.17) is 28.9 Å². The fraction of sp³-hybridized carbons (Fsp3) is 0.333. The molecule has 0 unspecified atom stereocenters. The van der Waals surface area contributed by atoms with Gasteiger partial charge in [-0.3, -0.25) is 4.79 Å². The van der Waals surface area contributed by atoms with Crippen LogP contribution >= 0.6 is 23.2 Å². The topological polar surface area (TPSA) is 66.6 Å². The van der Waals surface area contributed by atoms with Gasteiger partial charge in [0.15, 0.2) is 0 Å². The number of rotatable bonds is 2. The molecule has 1 aromatic rings. The van der Waals surface area contributed by atoms with Crippen LogP contribution < -0.4 is 5.73 Å². The van der Waals surface area contributed by atoms with Crippen LogP contribution in [0.1, 0.15) is 12.0 Å². The van der Waals surface area contributed by atoms with Crippen molar-refractivity contribution in [3.05, 3.63) is 39.9 Å². The second-order valence-corrected chi connectivity index (χ2v) is 5.77. The molecule has 1 fully saturated rings. The Balaban J connectivity index is 2.01. The van der Waals surface area contributed by atoms with Crippen LogP contribution in [0.2, 0.25) is 10.0 Å². The van der Waals surface area contributed by atoms with Crippen LogP contribution in [0.3, 0.4) is 0 Å². The molecule has 0 spiro atoms. The van der Waals surface area contributed by atoms with Crippen molar-refractivity contribution >= 4 is 41.2 Å². The van der Waals surface area contributed by atoms with Gasteiger partial charge >= 0.3 is 6.03 Å². The molecular weight excluding hydrogens is 325 g/mol. The summed E-state index contributed by atoms with van der Waals surface area (Å²) in [5, 5.41) is 0.868. The van der Waals surface area contributed by atoms with Gasteiger partial charge in [-0.05, 0) is 24.1 Å². The number of nitrogens with zero attached hydrogens (tertiary/aromatic N) is 2. The van der Waals surface area contributed by atoms with Crippen LogP contribution in [0.25, 0.3) is 6.08 Å². The molecule has 0 atom stereocenters. The van der Waals surface area contributed by atoms with Gasteiger partial charge in [0.2, 0.25) is 5.91 Å². The van der Waals surface area contributed by atoms with Gasteiger partial charge < -0.3 is 15.5 Å². The molecule has 0 aliphatic carbocycles. The molecule has 22 heavy (non-hydrogen) atoms. The standard InChI is InChI=1S/C15H17Cl2N3O2/c16-12-4-1-3-11(14(12)17)5-6-13(21)19-7-2-8-20(10-9-19)15(18)22/h1,3-6H,2,7-10H2,(H2,18,22)/b6-5-. The Hall–Kier alpha value is -1.72. The monoisotopic (exact) mass is 341 g/mol. The summed E-state index contributed by atoms with van der Waals surface area (Å²) in [6.07, 6.45) is 3.82. The van der Waals surface area contributed by atoms with E-state index in [0.29, 0.717) is 48.2 Å². The van der Waals surface area contributed by atoms with Gasteiger partial charge in [0.25, 0.3) is 0 Å². The molecule has 3 amide bonds. The van der Waals surface area contributed by atoms with Gasteiger partial charge in [0, 0.05) is 32.3 Å². The molecule has 0 aromatic heterocycles. The number of amides is 3. The molecule has 118 valence electrons. The predicted octanol–water partition coefficient (Wildman–Crippen LogP) is 2.62. The maximum Gasteiger partial charge on any atom is 0.314 e. The van der Waals surface area contributed by atoms with E-state index in [1.165, 1.54) is 6.08 Å². The quantitative estimate of drug-likeness (QED) is 0.840. The van der Waals surface area contributed by atoms with Crippen molar-refractivity contribution in [3.8, 4) is 0 Å². The van der Waals surface area contributed by atoms with Gasteiger partial charge in [-0.15, -0.1) is 0 Å². The lowest BCUT2D eigenvalue weighted by molar-refractivity contribution is -0.125. The Labute approximate surface area is 139 Å². The van der Waals surface area contributed by atoms with Crippen LogP contribution in [0, 0.1) is 0 Å². The minimum atomic E-state index is -0.449. The minimum absolute atomic E-state index is 0.123. The molecule has 7 heteroatoms. The summed E-state index contributed by atoms with van der Waals surface area (Å²) >= 11 is 12.0. The molecule has 1 aliphatic heterocycles. The average molecular weight is 342 g/mol. The molecule has 2 rings (SSSR count). The number of hydrogen-bond donors (Lipinski definition) is 1. The SMILES string of the molecule is NC(=O)N1CCCN(C(=O)/C=C\c2cccc(Cl)c2Cl)CC1. The molecule has 5 nitrogen and oxygen atoms in total. The summed E-state index contributed by atoms with van der Waals surface area (Å²) < 4.78 is 0. The smallest absolute Gasteiger partial charge is 0.314 e. The van der Waals surface area contributed by atoms with Gasteiger partial charge in [0.05, 0.1) is 10.0 Å². The average Bonchev–Trinajstić information content (AvgIpc) is 2.74. The molecule has 1 aromatic carbocycles. The second kappa shape index (κ2) is 7.51. The van der Waals surface area contributed by atoms with Crippen molar-refractivity contribution in [1.29, 1.82) is 0 Å². The van der Waals surface area contributed by atoms with Crippen LogP contribution in [0.15, 0.2) is 24.3 Å². The van der Waals surface area contributed by atoms with Gasteiger partial charge in [-0.1, -0.05) is 35.3 Å². The van der Waals surface area contributed by atoms with Crippen molar-refractivity contribution < 1.29 is 9.59 Å². The highest BCUT2D eigenvalue weighted by Gasteiger charge is 2.19. The third-order valence-corrected chi connectivity index (χ3v) is 4.34. The zero-order valence-corrected chi connectivity index (χ0v) is 13.5. The molecule has 0 bridgehead atoms. The number of urea groups is 1. The largest absolute Gasteiger partial charge is 0.351 e. The first-order chi connectivity index (χ1) is 10.5. The van der Waals surface area contributed by atoms with Crippen LogP contribution in [0.4, 0.5) is 4.79 Å². The van der Waals surface area contributed by atoms with E-state index >= 15 is 0 Å². The predicted molar refractivity (Wildman–Crippen MR) is 87.8 cm³/mol. The lowest BCUT2D eigenvalue weighted by atomic mass is 10.2. The van der Waals surface area contributed by atoms with E-state index < -0.39 is 6.03 Å². The molecule has 0 radical (unpaired) electrons. The zero-order valence-electron chi connectivity index (χ0n) is 12.0. The molecular formula is C15H17Cl2N3O2. The second-order valence-electron chi connectivity index (χ2n) is 4.98. The molecule has 1 heterocycles. The van der Waals surface area contributed by atoms with Gasteiger partial charge in [-0.25, -0.2) is 4.79 Å². The number of carbonyl (C=O) groups is 2. The van der Waals surface area contributed by atoms with Crippen molar-refractivity contribution in [1.82, 2.24) is 9.80 Å². The Morgan fingerprint density at radius 3 is 2.50 bits per heavy atom. The van der Waals surface area contributed by atoms with E-state index in [0.717, 1.165) is 0 Å². The van der Waals surface area contributed by atoms with Gasteiger partial charge in [-0.2, -0.15) is 0 Å². The number of primary amides is 1. The van der Waals surface area contributed by atoms with E-state index in [9.17, 15) is 9.59 Å².